The molecular formula is C24H30N2O5S. The van der Waals surface area contributed by atoms with Crippen LogP contribution < -0.4 is 10.6 Å². The third-order valence-corrected chi connectivity index (χ3v) is 6.40. The van der Waals surface area contributed by atoms with E-state index >= 15 is 0 Å². The number of nitrogens with one attached hydrogen (secondary N) is 2. The number of amides is 2. The first-order valence-corrected chi connectivity index (χ1v) is 11.4. The summed E-state index contributed by atoms with van der Waals surface area (Å²) in [5, 5.41) is 14.4. The Balaban J connectivity index is 1.90. The zero-order chi connectivity index (χ0) is 23.7. The molecule has 0 fully saturated rings. The number of carboxylic acids is 1. The predicted octanol–water partition coefficient (Wildman–Crippen LogP) is 3.52. The Morgan fingerprint density at radius 2 is 1.81 bits per heavy atom. The van der Waals surface area contributed by atoms with Gasteiger partial charge in [-0.1, -0.05) is 12.5 Å². The standard InChI is InChI=1S/C24H30N2O5S/c1-15-7-9-18(12-16(15)2)23(30)25-11-5-4-6-20(21-10-8-17(3)32-21)24(31)26-19(14-27)13-22(28)29/h7-10,12,14,19-20H,4-6,11,13H2,1-3H3,(H,25,30)(H,26,31)(H,28,29)/t19-,20?/m1/s1. The smallest absolute Gasteiger partial charge is 0.305 e. The molecule has 1 unspecified atom stereocenters. The molecule has 2 aromatic rings. The topological polar surface area (TPSA) is 113 Å². The van der Waals surface area contributed by atoms with E-state index in [0.717, 1.165) is 20.9 Å². The van der Waals surface area contributed by atoms with Gasteiger partial charge in [0.05, 0.1) is 18.4 Å². The first kappa shape index (κ1) is 25.3. The van der Waals surface area contributed by atoms with Crippen LogP contribution in [0.4, 0.5) is 0 Å². The summed E-state index contributed by atoms with van der Waals surface area (Å²) in [6.07, 6.45) is 1.91. The molecule has 1 aromatic carbocycles. The van der Waals surface area contributed by atoms with Gasteiger partial charge in [0, 0.05) is 21.9 Å². The van der Waals surface area contributed by atoms with Crippen molar-refractivity contribution in [3.8, 4) is 0 Å². The van der Waals surface area contributed by atoms with Gasteiger partial charge in [0.25, 0.3) is 5.91 Å². The van der Waals surface area contributed by atoms with Crippen molar-refractivity contribution in [2.24, 2.45) is 0 Å². The second-order valence-electron chi connectivity index (χ2n) is 7.90. The number of hydrogen-bond donors (Lipinski definition) is 3. The first-order valence-electron chi connectivity index (χ1n) is 10.6. The maximum Gasteiger partial charge on any atom is 0.305 e. The molecule has 0 aliphatic rings. The van der Waals surface area contributed by atoms with Gasteiger partial charge < -0.3 is 20.5 Å². The Labute approximate surface area is 192 Å². The second kappa shape index (κ2) is 12.1. The number of carboxylic acid groups (broad SMARTS) is 1. The van der Waals surface area contributed by atoms with E-state index in [4.69, 9.17) is 5.11 Å². The van der Waals surface area contributed by atoms with Crippen LogP contribution in [-0.2, 0) is 14.4 Å². The summed E-state index contributed by atoms with van der Waals surface area (Å²) >= 11 is 1.51. The van der Waals surface area contributed by atoms with E-state index in [-0.39, 0.29) is 11.8 Å². The van der Waals surface area contributed by atoms with Crippen molar-refractivity contribution in [2.45, 2.75) is 58.4 Å². The van der Waals surface area contributed by atoms with E-state index < -0.39 is 24.3 Å². The molecule has 0 bridgehead atoms. The third kappa shape index (κ3) is 7.60. The summed E-state index contributed by atoms with van der Waals surface area (Å²) in [6.45, 7) is 6.40. The monoisotopic (exact) mass is 458 g/mol. The molecule has 2 atom stereocenters. The van der Waals surface area contributed by atoms with Gasteiger partial charge in [0.1, 0.15) is 6.29 Å². The number of thiophene rings is 1. The molecule has 2 amide bonds. The third-order valence-electron chi connectivity index (χ3n) is 5.28. The van der Waals surface area contributed by atoms with Crippen molar-refractivity contribution in [3.05, 3.63) is 56.8 Å². The van der Waals surface area contributed by atoms with E-state index in [2.05, 4.69) is 10.6 Å². The zero-order valence-electron chi connectivity index (χ0n) is 18.6. The van der Waals surface area contributed by atoms with E-state index in [0.29, 0.717) is 37.7 Å². The number of benzene rings is 1. The van der Waals surface area contributed by atoms with Crippen LogP contribution in [0.3, 0.4) is 0 Å². The van der Waals surface area contributed by atoms with Gasteiger partial charge in [-0.15, -0.1) is 11.3 Å². The SMILES string of the molecule is Cc1ccc(C(CCCCNC(=O)c2ccc(C)c(C)c2)C(=O)N[C@@H](C=O)CC(=O)O)s1. The quantitative estimate of drug-likeness (QED) is 0.333. The van der Waals surface area contributed by atoms with Gasteiger partial charge >= 0.3 is 5.97 Å². The maximum absolute atomic E-state index is 12.8. The first-order chi connectivity index (χ1) is 15.2. The summed E-state index contributed by atoms with van der Waals surface area (Å²) in [4.78, 5) is 49.1. The number of aldehydes is 1. The van der Waals surface area contributed by atoms with Crippen LogP contribution in [0.25, 0.3) is 0 Å². The van der Waals surface area contributed by atoms with Crippen LogP contribution in [0.15, 0.2) is 30.3 Å². The van der Waals surface area contributed by atoms with Crippen molar-refractivity contribution in [1.29, 1.82) is 0 Å². The minimum absolute atomic E-state index is 0.126. The van der Waals surface area contributed by atoms with Gasteiger partial charge in [0.2, 0.25) is 5.91 Å². The fourth-order valence-corrected chi connectivity index (χ4v) is 4.32. The van der Waals surface area contributed by atoms with E-state index in [1.165, 1.54) is 11.3 Å². The minimum atomic E-state index is -1.15. The van der Waals surface area contributed by atoms with Crippen LogP contribution in [0.2, 0.25) is 0 Å². The Morgan fingerprint density at radius 1 is 1.06 bits per heavy atom. The van der Waals surface area contributed by atoms with E-state index in [9.17, 15) is 19.2 Å². The predicted molar refractivity (Wildman–Crippen MR) is 124 cm³/mol. The number of carbonyl (C=O) groups excluding carboxylic acids is 3. The lowest BCUT2D eigenvalue weighted by molar-refractivity contribution is -0.138. The molecule has 7 nitrogen and oxygen atoms in total. The molecule has 2 rings (SSSR count). The average molecular weight is 459 g/mol. The van der Waals surface area contributed by atoms with Crippen molar-refractivity contribution < 1.29 is 24.3 Å². The molecular weight excluding hydrogens is 428 g/mol. The average Bonchev–Trinajstić information content (AvgIpc) is 3.17. The lowest BCUT2D eigenvalue weighted by Gasteiger charge is -2.18. The maximum atomic E-state index is 12.8. The molecule has 0 saturated heterocycles. The largest absolute Gasteiger partial charge is 0.481 e. The number of carbonyl (C=O) groups is 4. The fourth-order valence-electron chi connectivity index (χ4n) is 3.31. The Morgan fingerprint density at radius 3 is 2.41 bits per heavy atom. The van der Waals surface area contributed by atoms with E-state index in [1.807, 2.05) is 45.0 Å². The fraction of sp³-hybridized carbons (Fsp3) is 0.417. The molecule has 0 radical (unpaired) electrons. The van der Waals surface area contributed by atoms with Gasteiger partial charge in [-0.05, 0) is 69.0 Å². The normalized spacial score (nSPS) is 12.6. The Bertz CT molecular complexity index is 969. The Kier molecular flexibility index (Phi) is 9.59. The van der Waals surface area contributed by atoms with Crippen LogP contribution in [0, 0.1) is 20.8 Å². The van der Waals surface area contributed by atoms with Crippen LogP contribution in [-0.4, -0.2) is 41.8 Å². The molecule has 172 valence electrons. The van der Waals surface area contributed by atoms with Crippen molar-refractivity contribution in [1.82, 2.24) is 10.6 Å². The molecule has 0 aliphatic heterocycles. The minimum Gasteiger partial charge on any atom is -0.481 e. The number of hydrogen-bond acceptors (Lipinski definition) is 5. The van der Waals surface area contributed by atoms with E-state index in [1.54, 1.807) is 6.07 Å². The number of unbranched alkanes of at least 4 members (excludes halogenated alkanes) is 1. The highest BCUT2D eigenvalue weighted by Gasteiger charge is 2.25. The lowest BCUT2D eigenvalue weighted by atomic mass is 9.98. The highest BCUT2D eigenvalue weighted by Crippen LogP contribution is 2.29. The summed E-state index contributed by atoms with van der Waals surface area (Å²) in [5.41, 5.74) is 2.82. The zero-order valence-corrected chi connectivity index (χ0v) is 19.5. The molecule has 32 heavy (non-hydrogen) atoms. The molecule has 0 saturated carbocycles. The molecule has 1 heterocycles. The molecule has 3 N–H and O–H groups in total. The number of rotatable bonds is 12. The van der Waals surface area contributed by atoms with Gasteiger partial charge in [-0.2, -0.15) is 0 Å². The van der Waals surface area contributed by atoms with Crippen LogP contribution >= 0.6 is 11.3 Å². The molecule has 1 aromatic heterocycles. The van der Waals surface area contributed by atoms with Gasteiger partial charge in [0.15, 0.2) is 0 Å². The second-order valence-corrected chi connectivity index (χ2v) is 9.22. The Hall–Kier alpha value is -3.00. The summed E-state index contributed by atoms with van der Waals surface area (Å²) in [5.74, 6) is -2.10. The lowest BCUT2D eigenvalue weighted by Crippen LogP contribution is -2.40. The molecule has 0 aliphatic carbocycles. The van der Waals surface area contributed by atoms with Crippen LogP contribution in [0.1, 0.15) is 62.8 Å². The molecule has 0 spiro atoms. The van der Waals surface area contributed by atoms with Gasteiger partial charge in [-0.3, -0.25) is 14.4 Å². The van der Waals surface area contributed by atoms with Crippen LogP contribution in [0.5, 0.6) is 0 Å². The summed E-state index contributed by atoms with van der Waals surface area (Å²) in [7, 11) is 0. The van der Waals surface area contributed by atoms with Gasteiger partial charge in [-0.25, -0.2) is 0 Å². The summed E-state index contributed by atoms with van der Waals surface area (Å²) < 4.78 is 0. The van der Waals surface area contributed by atoms with Crippen molar-refractivity contribution >= 4 is 35.4 Å². The number of aliphatic carboxylic acids is 1. The number of aryl methyl sites for hydroxylation is 3. The van der Waals surface area contributed by atoms with Crippen molar-refractivity contribution in [3.63, 3.8) is 0 Å². The highest BCUT2D eigenvalue weighted by atomic mass is 32.1. The van der Waals surface area contributed by atoms with Crippen molar-refractivity contribution in [2.75, 3.05) is 6.54 Å². The highest BCUT2D eigenvalue weighted by molar-refractivity contribution is 7.12. The molecule has 8 heteroatoms. The summed E-state index contributed by atoms with van der Waals surface area (Å²) in [6, 6.07) is 8.36.